The normalized spacial score (nSPS) is 13.3. The van der Waals surface area contributed by atoms with Crippen LogP contribution in [0.1, 0.15) is 46.1 Å². The number of nitrogens with zero attached hydrogens (tertiary/aromatic N) is 3. The number of aliphatic hydroxyl groups excluding tert-OH is 1. The van der Waals surface area contributed by atoms with Crippen LogP contribution in [0, 0.1) is 5.41 Å². The Kier molecular flexibility index (Phi) is 5.95. The molecule has 1 heterocycles. The van der Waals surface area contributed by atoms with Gasteiger partial charge in [-0.2, -0.15) is 5.10 Å². The Labute approximate surface area is 114 Å². The van der Waals surface area contributed by atoms with Crippen LogP contribution in [-0.2, 0) is 4.79 Å². The third-order valence-corrected chi connectivity index (χ3v) is 3.99. The molecule has 1 aromatic heterocycles. The van der Waals surface area contributed by atoms with Crippen molar-refractivity contribution in [2.75, 3.05) is 13.2 Å². The van der Waals surface area contributed by atoms with Crippen LogP contribution in [0.4, 0.5) is 0 Å². The Morgan fingerprint density at radius 2 is 2.16 bits per heavy atom. The number of nitrogens with one attached hydrogen (secondary N) is 1. The molecule has 0 spiro atoms. The molecular formula is C13H24N4O2. The van der Waals surface area contributed by atoms with Gasteiger partial charge < -0.3 is 10.4 Å². The summed E-state index contributed by atoms with van der Waals surface area (Å²) in [6, 6.07) is -0.372. The lowest BCUT2D eigenvalue weighted by Crippen LogP contribution is -2.40. The van der Waals surface area contributed by atoms with Crippen molar-refractivity contribution in [3.8, 4) is 0 Å². The zero-order chi connectivity index (χ0) is 14.3. The monoisotopic (exact) mass is 268 g/mol. The van der Waals surface area contributed by atoms with Crippen molar-refractivity contribution in [1.82, 2.24) is 20.1 Å². The number of aromatic nitrogens is 3. The molecule has 0 aliphatic carbocycles. The number of rotatable bonds is 8. The van der Waals surface area contributed by atoms with Crippen molar-refractivity contribution in [1.29, 1.82) is 0 Å². The quantitative estimate of drug-likeness (QED) is 0.741. The standard InChI is InChI=1S/C13H24N4O2/c1-4-13(5-2,6-7-18)8-15-12(19)11(3)17-10-14-9-16-17/h9-11,18H,4-8H2,1-3H3,(H,15,19). The molecular weight excluding hydrogens is 244 g/mol. The third-order valence-electron chi connectivity index (χ3n) is 3.99. The number of carbonyl (C=O) groups is 1. The van der Waals surface area contributed by atoms with Gasteiger partial charge >= 0.3 is 0 Å². The smallest absolute Gasteiger partial charge is 0.244 e. The highest BCUT2D eigenvalue weighted by molar-refractivity contribution is 5.79. The molecule has 6 nitrogen and oxygen atoms in total. The van der Waals surface area contributed by atoms with Gasteiger partial charge in [0.25, 0.3) is 0 Å². The molecule has 0 fully saturated rings. The predicted molar refractivity (Wildman–Crippen MR) is 72.5 cm³/mol. The second-order valence-electron chi connectivity index (χ2n) is 4.95. The minimum atomic E-state index is -0.372. The summed E-state index contributed by atoms with van der Waals surface area (Å²) in [7, 11) is 0. The zero-order valence-electron chi connectivity index (χ0n) is 12.0. The Bertz CT molecular complexity index is 374. The number of carbonyl (C=O) groups excluding carboxylic acids is 1. The summed E-state index contributed by atoms with van der Waals surface area (Å²) in [5.74, 6) is -0.0743. The predicted octanol–water partition coefficient (Wildman–Crippen LogP) is 1.14. The lowest BCUT2D eigenvalue weighted by molar-refractivity contribution is -0.124. The SMILES string of the molecule is CCC(CC)(CCO)CNC(=O)C(C)n1cncn1. The van der Waals surface area contributed by atoms with E-state index in [0.29, 0.717) is 13.0 Å². The number of hydrogen-bond donors (Lipinski definition) is 2. The summed E-state index contributed by atoms with van der Waals surface area (Å²) in [6.45, 7) is 6.70. The summed E-state index contributed by atoms with van der Waals surface area (Å²) in [4.78, 5) is 15.9. The van der Waals surface area contributed by atoms with Gasteiger partial charge in [0.1, 0.15) is 18.7 Å². The van der Waals surface area contributed by atoms with Crippen molar-refractivity contribution in [2.24, 2.45) is 5.41 Å². The molecule has 1 atom stereocenters. The van der Waals surface area contributed by atoms with E-state index < -0.39 is 0 Å². The van der Waals surface area contributed by atoms with Crippen LogP contribution in [-0.4, -0.2) is 38.9 Å². The van der Waals surface area contributed by atoms with Gasteiger partial charge in [-0.15, -0.1) is 0 Å². The van der Waals surface area contributed by atoms with Crippen molar-refractivity contribution in [3.63, 3.8) is 0 Å². The molecule has 0 aromatic carbocycles. The van der Waals surface area contributed by atoms with Gasteiger partial charge in [0, 0.05) is 13.2 Å². The maximum Gasteiger partial charge on any atom is 0.244 e. The minimum absolute atomic E-state index is 0.0213. The van der Waals surface area contributed by atoms with Crippen LogP contribution in [0.25, 0.3) is 0 Å². The van der Waals surface area contributed by atoms with E-state index >= 15 is 0 Å². The lowest BCUT2D eigenvalue weighted by Gasteiger charge is -2.31. The maximum absolute atomic E-state index is 12.1. The molecule has 0 aliphatic heterocycles. The summed E-state index contributed by atoms with van der Waals surface area (Å²) >= 11 is 0. The number of aliphatic hydroxyl groups is 1. The van der Waals surface area contributed by atoms with Crippen LogP contribution < -0.4 is 5.32 Å². The third kappa shape index (κ3) is 4.02. The summed E-state index contributed by atoms with van der Waals surface area (Å²) in [5.41, 5.74) is -0.0213. The van der Waals surface area contributed by atoms with E-state index in [-0.39, 0.29) is 24.0 Å². The first-order chi connectivity index (χ1) is 9.08. The van der Waals surface area contributed by atoms with Crippen molar-refractivity contribution in [2.45, 2.75) is 46.1 Å². The average Bonchev–Trinajstić information content (AvgIpc) is 2.96. The van der Waals surface area contributed by atoms with E-state index in [1.165, 1.54) is 17.3 Å². The minimum Gasteiger partial charge on any atom is -0.396 e. The van der Waals surface area contributed by atoms with Crippen LogP contribution in [0.3, 0.4) is 0 Å². The first kappa shape index (κ1) is 15.6. The van der Waals surface area contributed by atoms with Gasteiger partial charge in [0.05, 0.1) is 0 Å². The molecule has 6 heteroatoms. The first-order valence-corrected chi connectivity index (χ1v) is 6.81. The highest BCUT2D eigenvalue weighted by Gasteiger charge is 2.27. The van der Waals surface area contributed by atoms with E-state index in [0.717, 1.165) is 12.8 Å². The molecule has 1 aromatic rings. The van der Waals surface area contributed by atoms with E-state index in [1.54, 1.807) is 6.92 Å². The van der Waals surface area contributed by atoms with Gasteiger partial charge in [-0.05, 0) is 31.6 Å². The summed E-state index contributed by atoms with van der Waals surface area (Å²) < 4.78 is 1.53. The molecule has 108 valence electrons. The molecule has 0 saturated carbocycles. The van der Waals surface area contributed by atoms with E-state index in [4.69, 9.17) is 5.11 Å². The summed E-state index contributed by atoms with van der Waals surface area (Å²) in [5, 5.41) is 16.1. The molecule has 1 amide bonds. The van der Waals surface area contributed by atoms with Gasteiger partial charge in [-0.3, -0.25) is 4.79 Å². The Balaban J connectivity index is 2.57. The number of amides is 1. The molecule has 0 bridgehead atoms. The molecule has 0 aliphatic rings. The first-order valence-electron chi connectivity index (χ1n) is 6.81. The second kappa shape index (κ2) is 7.23. The molecule has 1 rings (SSSR count). The molecule has 1 unspecified atom stereocenters. The van der Waals surface area contributed by atoms with Crippen LogP contribution >= 0.6 is 0 Å². The summed E-state index contributed by atoms with van der Waals surface area (Å²) in [6.07, 6.45) is 5.52. The van der Waals surface area contributed by atoms with Gasteiger partial charge in [0.15, 0.2) is 0 Å². The van der Waals surface area contributed by atoms with Crippen LogP contribution in [0.15, 0.2) is 12.7 Å². The highest BCUT2D eigenvalue weighted by atomic mass is 16.3. The fraction of sp³-hybridized carbons (Fsp3) is 0.769. The zero-order valence-corrected chi connectivity index (χ0v) is 12.0. The maximum atomic E-state index is 12.1. The molecule has 0 radical (unpaired) electrons. The molecule has 0 saturated heterocycles. The Morgan fingerprint density at radius 3 is 2.63 bits per heavy atom. The number of hydrogen-bond acceptors (Lipinski definition) is 4. The van der Waals surface area contributed by atoms with Gasteiger partial charge in [-0.1, -0.05) is 13.8 Å². The van der Waals surface area contributed by atoms with Crippen molar-refractivity contribution < 1.29 is 9.90 Å². The van der Waals surface area contributed by atoms with E-state index in [2.05, 4.69) is 29.2 Å². The van der Waals surface area contributed by atoms with Crippen LogP contribution in [0.5, 0.6) is 0 Å². The fourth-order valence-electron chi connectivity index (χ4n) is 2.14. The largest absolute Gasteiger partial charge is 0.396 e. The average molecular weight is 268 g/mol. The lowest BCUT2D eigenvalue weighted by atomic mass is 9.79. The topological polar surface area (TPSA) is 80.0 Å². The van der Waals surface area contributed by atoms with Gasteiger partial charge in [0.2, 0.25) is 5.91 Å². The van der Waals surface area contributed by atoms with E-state index in [9.17, 15) is 4.79 Å². The van der Waals surface area contributed by atoms with E-state index in [1.807, 2.05) is 0 Å². The molecule has 19 heavy (non-hydrogen) atoms. The Hall–Kier alpha value is -1.43. The van der Waals surface area contributed by atoms with Crippen molar-refractivity contribution in [3.05, 3.63) is 12.7 Å². The highest BCUT2D eigenvalue weighted by Crippen LogP contribution is 2.29. The molecule has 2 N–H and O–H groups in total. The fourth-order valence-corrected chi connectivity index (χ4v) is 2.14. The van der Waals surface area contributed by atoms with Crippen LogP contribution in [0.2, 0.25) is 0 Å². The van der Waals surface area contributed by atoms with Gasteiger partial charge in [-0.25, -0.2) is 9.67 Å². The second-order valence-corrected chi connectivity index (χ2v) is 4.95. The Morgan fingerprint density at radius 1 is 1.47 bits per heavy atom. The van der Waals surface area contributed by atoms with Crippen molar-refractivity contribution >= 4 is 5.91 Å².